The lowest BCUT2D eigenvalue weighted by Gasteiger charge is -2.09. The van der Waals surface area contributed by atoms with Crippen LogP contribution in [0.1, 0.15) is 11.3 Å². The quantitative estimate of drug-likeness (QED) is 0.867. The summed E-state index contributed by atoms with van der Waals surface area (Å²) in [5.74, 6) is 0.625. The van der Waals surface area contributed by atoms with Crippen molar-refractivity contribution in [3.63, 3.8) is 0 Å². The second-order valence-corrected chi connectivity index (χ2v) is 4.23. The zero-order valence-corrected chi connectivity index (χ0v) is 10.5. The van der Waals surface area contributed by atoms with Gasteiger partial charge in [0.2, 0.25) is 0 Å². The minimum Gasteiger partial charge on any atom is -0.397 e. The Kier molecular flexibility index (Phi) is 3.35. The van der Waals surface area contributed by atoms with Gasteiger partial charge in [-0.15, -0.1) is 0 Å². The Labute approximate surface area is 110 Å². The summed E-state index contributed by atoms with van der Waals surface area (Å²) in [6.07, 6.45) is 0. The number of halogens is 1. The van der Waals surface area contributed by atoms with Crippen molar-refractivity contribution in [1.29, 1.82) is 5.26 Å². The monoisotopic (exact) mass is 258 g/mol. The van der Waals surface area contributed by atoms with E-state index in [1.807, 2.05) is 6.92 Å². The minimum atomic E-state index is 0.510. The van der Waals surface area contributed by atoms with Crippen LogP contribution >= 0.6 is 11.6 Å². The normalized spacial score (nSPS) is 9.83. The van der Waals surface area contributed by atoms with E-state index < -0.39 is 0 Å². The van der Waals surface area contributed by atoms with Crippen LogP contribution in [0.2, 0.25) is 5.02 Å². The zero-order valence-electron chi connectivity index (χ0n) is 9.74. The first kappa shape index (κ1) is 12.2. The second-order valence-electron chi connectivity index (χ2n) is 3.80. The van der Waals surface area contributed by atoms with E-state index in [0.29, 0.717) is 27.8 Å². The molecular formula is C13H11ClN4. The first-order valence-electron chi connectivity index (χ1n) is 5.30. The molecule has 0 fully saturated rings. The Morgan fingerprint density at radius 1 is 1.33 bits per heavy atom. The summed E-state index contributed by atoms with van der Waals surface area (Å²) in [5.41, 5.74) is 8.20. The van der Waals surface area contributed by atoms with Gasteiger partial charge in [0, 0.05) is 5.02 Å². The number of nitrogen functional groups attached to an aromatic ring is 1. The molecule has 2 rings (SSSR count). The molecule has 0 spiro atoms. The molecule has 18 heavy (non-hydrogen) atoms. The summed E-state index contributed by atoms with van der Waals surface area (Å²) in [7, 11) is 0. The zero-order chi connectivity index (χ0) is 13.1. The van der Waals surface area contributed by atoms with Crippen molar-refractivity contribution in [2.24, 2.45) is 0 Å². The highest BCUT2D eigenvalue weighted by Crippen LogP contribution is 2.24. The molecule has 2 aromatic rings. The number of benzene rings is 1. The molecule has 0 radical (unpaired) electrons. The van der Waals surface area contributed by atoms with Crippen LogP contribution in [0.5, 0.6) is 0 Å². The predicted molar refractivity (Wildman–Crippen MR) is 72.8 cm³/mol. The summed E-state index contributed by atoms with van der Waals surface area (Å²) >= 11 is 5.91. The van der Waals surface area contributed by atoms with Gasteiger partial charge in [0.25, 0.3) is 0 Å². The van der Waals surface area contributed by atoms with E-state index in [1.54, 1.807) is 30.3 Å². The SMILES string of the molecule is Cc1nc(Nc2cc(Cl)ccc2C#N)ccc1N. The van der Waals surface area contributed by atoms with E-state index in [1.165, 1.54) is 0 Å². The average molecular weight is 259 g/mol. The molecule has 0 bridgehead atoms. The summed E-state index contributed by atoms with van der Waals surface area (Å²) in [4.78, 5) is 4.28. The van der Waals surface area contributed by atoms with Crippen LogP contribution in [0.3, 0.4) is 0 Å². The predicted octanol–water partition coefficient (Wildman–Crippen LogP) is 3.24. The first-order valence-corrected chi connectivity index (χ1v) is 5.68. The summed E-state index contributed by atoms with van der Waals surface area (Å²) in [5, 5.41) is 12.6. The molecule has 0 saturated carbocycles. The molecule has 4 nitrogen and oxygen atoms in total. The molecule has 0 aliphatic rings. The van der Waals surface area contributed by atoms with E-state index in [2.05, 4.69) is 16.4 Å². The fraction of sp³-hybridized carbons (Fsp3) is 0.0769. The Bertz CT molecular complexity index is 631. The minimum absolute atomic E-state index is 0.510. The van der Waals surface area contributed by atoms with Crippen LogP contribution in [0.15, 0.2) is 30.3 Å². The number of pyridine rings is 1. The largest absolute Gasteiger partial charge is 0.397 e. The number of hydrogen-bond donors (Lipinski definition) is 2. The molecule has 0 atom stereocenters. The highest BCUT2D eigenvalue weighted by molar-refractivity contribution is 6.30. The van der Waals surface area contributed by atoms with Gasteiger partial charge in [-0.1, -0.05) is 11.6 Å². The number of nitrogens with zero attached hydrogens (tertiary/aromatic N) is 2. The van der Waals surface area contributed by atoms with E-state index in [0.717, 1.165) is 5.69 Å². The van der Waals surface area contributed by atoms with Gasteiger partial charge >= 0.3 is 0 Å². The number of anilines is 3. The molecule has 1 heterocycles. The fourth-order valence-corrected chi connectivity index (χ4v) is 1.67. The third-order valence-corrected chi connectivity index (χ3v) is 2.73. The molecule has 0 saturated heterocycles. The van der Waals surface area contributed by atoms with Crippen molar-refractivity contribution in [2.45, 2.75) is 6.92 Å². The Morgan fingerprint density at radius 3 is 2.78 bits per heavy atom. The van der Waals surface area contributed by atoms with Crippen LogP contribution in [0, 0.1) is 18.3 Å². The molecule has 0 amide bonds. The molecule has 5 heteroatoms. The summed E-state index contributed by atoms with van der Waals surface area (Å²) in [6.45, 7) is 1.82. The highest BCUT2D eigenvalue weighted by atomic mass is 35.5. The second kappa shape index (κ2) is 4.94. The van der Waals surface area contributed by atoms with Gasteiger partial charge in [0.15, 0.2) is 0 Å². The van der Waals surface area contributed by atoms with E-state index >= 15 is 0 Å². The number of rotatable bonds is 2. The van der Waals surface area contributed by atoms with Gasteiger partial charge in [-0.2, -0.15) is 5.26 Å². The number of hydrogen-bond acceptors (Lipinski definition) is 4. The Balaban J connectivity index is 2.36. The molecule has 0 unspecified atom stereocenters. The van der Waals surface area contributed by atoms with Crippen LogP contribution in [-0.4, -0.2) is 4.98 Å². The fourth-order valence-electron chi connectivity index (χ4n) is 1.50. The van der Waals surface area contributed by atoms with E-state index in [4.69, 9.17) is 22.6 Å². The maximum Gasteiger partial charge on any atom is 0.130 e. The van der Waals surface area contributed by atoms with Gasteiger partial charge in [-0.05, 0) is 37.3 Å². The first-order chi connectivity index (χ1) is 8.60. The summed E-state index contributed by atoms with van der Waals surface area (Å²) < 4.78 is 0. The topological polar surface area (TPSA) is 74.7 Å². The van der Waals surface area contributed by atoms with Crippen molar-refractivity contribution in [2.75, 3.05) is 11.1 Å². The van der Waals surface area contributed by atoms with E-state index in [-0.39, 0.29) is 0 Å². The molecule has 0 aliphatic carbocycles. The van der Waals surface area contributed by atoms with Crippen LogP contribution in [-0.2, 0) is 0 Å². The van der Waals surface area contributed by atoms with Crippen LogP contribution < -0.4 is 11.1 Å². The third kappa shape index (κ3) is 2.53. The Morgan fingerprint density at radius 2 is 2.11 bits per heavy atom. The maximum absolute atomic E-state index is 9.01. The maximum atomic E-state index is 9.01. The standard InChI is InChI=1S/C13H11ClN4/c1-8-11(16)4-5-13(17-8)18-12-6-10(14)3-2-9(12)7-15/h2-6H,16H2,1H3,(H,17,18). The van der Waals surface area contributed by atoms with Crippen molar-refractivity contribution in [3.8, 4) is 6.07 Å². The van der Waals surface area contributed by atoms with Gasteiger partial charge in [0.05, 0.1) is 22.6 Å². The number of aryl methyl sites for hydroxylation is 1. The molecule has 1 aromatic carbocycles. The number of nitriles is 1. The average Bonchev–Trinajstić information content (AvgIpc) is 2.34. The van der Waals surface area contributed by atoms with Crippen LogP contribution in [0.25, 0.3) is 0 Å². The van der Waals surface area contributed by atoms with Crippen molar-refractivity contribution in [3.05, 3.63) is 46.6 Å². The Hall–Kier alpha value is -2.25. The lowest BCUT2D eigenvalue weighted by Crippen LogP contribution is -1.99. The number of nitrogens with two attached hydrogens (primary N) is 1. The smallest absolute Gasteiger partial charge is 0.130 e. The third-order valence-electron chi connectivity index (χ3n) is 2.49. The van der Waals surface area contributed by atoms with Crippen molar-refractivity contribution in [1.82, 2.24) is 4.98 Å². The lowest BCUT2D eigenvalue weighted by molar-refractivity contribution is 1.20. The lowest BCUT2D eigenvalue weighted by atomic mass is 10.2. The van der Waals surface area contributed by atoms with E-state index in [9.17, 15) is 0 Å². The number of aromatic nitrogens is 1. The number of nitrogens with one attached hydrogen (secondary N) is 1. The van der Waals surface area contributed by atoms with Gasteiger partial charge < -0.3 is 11.1 Å². The van der Waals surface area contributed by atoms with Crippen molar-refractivity contribution >= 4 is 28.8 Å². The van der Waals surface area contributed by atoms with Crippen LogP contribution in [0.4, 0.5) is 17.2 Å². The summed E-state index contributed by atoms with van der Waals surface area (Å²) in [6, 6.07) is 10.6. The molecule has 3 N–H and O–H groups in total. The van der Waals surface area contributed by atoms with Crippen molar-refractivity contribution < 1.29 is 0 Å². The molecular weight excluding hydrogens is 248 g/mol. The molecule has 1 aromatic heterocycles. The van der Waals surface area contributed by atoms with Gasteiger partial charge in [-0.25, -0.2) is 4.98 Å². The molecule has 0 aliphatic heterocycles. The highest BCUT2D eigenvalue weighted by Gasteiger charge is 2.05. The van der Waals surface area contributed by atoms with Gasteiger partial charge in [-0.3, -0.25) is 0 Å². The van der Waals surface area contributed by atoms with Gasteiger partial charge in [0.1, 0.15) is 11.9 Å². The molecule has 90 valence electrons.